The summed E-state index contributed by atoms with van der Waals surface area (Å²) < 4.78 is 19.2. The normalized spacial score (nSPS) is 19.6. The Balaban J connectivity index is 1.31. The van der Waals surface area contributed by atoms with Gasteiger partial charge in [-0.05, 0) is 18.2 Å². The first-order valence-electron chi connectivity index (χ1n) is 9.76. The summed E-state index contributed by atoms with van der Waals surface area (Å²) in [4.78, 5) is 22.3. The molecule has 1 fully saturated rings. The lowest BCUT2D eigenvalue weighted by Crippen LogP contribution is -2.51. The number of carbonyl (C=O) groups excluding carboxylic acids is 1. The van der Waals surface area contributed by atoms with Gasteiger partial charge in [0.05, 0.1) is 12.8 Å². The van der Waals surface area contributed by atoms with Crippen molar-refractivity contribution in [2.45, 2.75) is 19.1 Å². The number of rotatable bonds is 5. The number of amides is 1. The number of nitrogens with zero attached hydrogens (tertiary/aromatic N) is 3. The molecule has 2 heterocycles. The van der Waals surface area contributed by atoms with Gasteiger partial charge in [0.25, 0.3) is 5.91 Å². The molecule has 0 aliphatic carbocycles. The van der Waals surface area contributed by atoms with E-state index < -0.39 is 6.10 Å². The Morgan fingerprint density at radius 2 is 1.86 bits per heavy atom. The standard InChI is InChI=1S/C22H24FN3O3/c1-28-20-9-5-3-7-17(20)19-14-21(29-24-19)22(27)26-12-10-25(11-13-26)15-16-6-2-4-8-18(16)23/h2-9,21H,10-15H2,1H3. The lowest BCUT2D eigenvalue weighted by atomic mass is 10.0. The smallest absolute Gasteiger partial charge is 0.266 e. The van der Waals surface area contributed by atoms with Gasteiger partial charge in [-0.1, -0.05) is 35.5 Å². The van der Waals surface area contributed by atoms with Crippen LogP contribution in [-0.4, -0.2) is 60.8 Å². The molecule has 0 N–H and O–H groups in total. The van der Waals surface area contributed by atoms with Crippen molar-refractivity contribution in [3.05, 3.63) is 65.5 Å². The van der Waals surface area contributed by atoms with Crippen molar-refractivity contribution < 1.29 is 18.8 Å². The summed E-state index contributed by atoms with van der Waals surface area (Å²) in [6.45, 7) is 3.14. The maximum Gasteiger partial charge on any atom is 0.266 e. The van der Waals surface area contributed by atoms with Gasteiger partial charge in [-0.25, -0.2) is 4.39 Å². The Morgan fingerprint density at radius 3 is 2.62 bits per heavy atom. The van der Waals surface area contributed by atoms with Crippen molar-refractivity contribution in [3.63, 3.8) is 0 Å². The molecule has 0 saturated carbocycles. The van der Waals surface area contributed by atoms with Gasteiger partial charge in [0.1, 0.15) is 11.6 Å². The highest BCUT2D eigenvalue weighted by atomic mass is 19.1. The van der Waals surface area contributed by atoms with Gasteiger partial charge in [0.2, 0.25) is 6.10 Å². The first-order chi connectivity index (χ1) is 14.2. The molecule has 29 heavy (non-hydrogen) atoms. The van der Waals surface area contributed by atoms with Crippen LogP contribution in [0.1, 0.15) is 17.5 Å². The van der Waals surface area contributed by atoms with E-state index >= 15 is 0 Å². The van der Waals surface area contributed by atoms with Gasteiger partial charge in [0.15, 0.2) is 0 Å². The number of methoxy groups -OCH3 is 1. The number of benzene rings is 2. The van der Waals surface area contributed by atoms with Crippen LogP contribution in [0.2, 0.25) is 0 Å². The van der Waals surface area contributed by atoms with Gasteiger partial charge >= 0.3 is 0 Å². The first-order valence-corrected chi connectivity index (χ1v) is 9.76. The zero-order valence-corrected chi connectivity index (χ0v) is 16.4. The second-order valence-corrected chi connectivity index (χ2v) is 7.23. The maximum absolute atomic E-state index is 13.9. The molecule has 1 amide bonds. The number of hydrogen-bond donors (Lipinski definition) is 0. The Bertz CT molecular complexity index is 910. The summed E-state index contributed by atoms with van der Waals surface area (Å²) in [7, 11) is 1.61. The first kappa shape index (κ1) is 19.4. The van der Waals surface area contributed by atoms with Crippen molar-refractivity contribution in [2.24, 2.45) is 5.16 Å². The van der Waals surface area contributed by atoms with Crippen LogP contribution >= 0.6 is 0 Å². The molecule has 6 nitrogen and oxygen atoms in total. The molecule has 2 aliphatic rings. The minimum atomic E-state index is -0.604. The van der Waals surface area contributed by atoms with E-state index in [1.165, 1.54) is 6.07 Å². The molecule has 0 spiro atoms. The Morgan fingerprint density at radius 1 is 1.14 bits per heavy atom. The van der Waals surface area contributed by atoms with Crippen LogP contribution in [0, 0.1) is 5.82 Å². The fraction of sp³-hybridized carbons (Fsp3) is 0.364. The topological polar surface area (TPSA) is 54.4 Å². The molecule has 7 heteroatoms. The van der Waals surface area contributed by atoms with Gasteiger partial charge < -0.3 is 14.5 Å². The van der Waals surface area contributed by atoms with Crippen molar-refractivity contribution >= 4 is 11.6 Å². The van der Waals surface area contributed by atoms with Gasteiger partial charge in [-0.15, -0.1) is 0 Å². The number of carbonyl (C=O) groups is 1. The summed E-state index contributed by atoms with van der Waals surface area (Å²) in [5.41, 5.74) is 2.25. The van der Waals surface area contributed by atoms with E-state index in [1.807, 2.05) is 35.2 Å². The van der Waals surface area contributed by atoms with E-state index in [9.17, 15) is 9.18 Å². The second-order valence-electron chi connectivity index (χ2n) is 7.23. The number of oxime groups is 1. The van der Waals surface area contributed by atoms with Crippen LogP contribution in [0.5, 0.6) is 5.75 Å². The molecule has 0 bridgehead atoms. The van der Waals surface area contributed by atoms with E-state index in [0.717, 1.165) is 11.3 Å². The fourth-order valence-electron chi connectivity index (χ4n) is 3.75. The highest BCUT2D eigenvalue weighted by Gasteiger charge is 2.34. The molecule has 4 rings (SSSR count). The lowest BCUT2D eigenvalue weighted by molar-refractivity contribution is -0.143. The maximum atomic E-state index is 13.9. The van der Waals surface area contributed by atoms with Gasteiger partial charge in [-0.2, -0.15) is 0 Å². The number of ether oxygens (including phenoxy) is 1. The predicted octanol–water partition coefficient (Wildman–Crippen LogP) is 2.67. The summed E-state index contributed by atoms with van der Waals surface area (Å²) in [5.74, 6) is 0.472. The van der Waals surface area contributed by atoms with E-state index in [-0.39, 0.29) is 11.7 Å². The van der Waals surface area contributed by atoms with E-state index in [2.05, 4.69) is 10.1 Å². The lowest BCUT2D eigenvalue weighted by Gasteiger charge is -2.35. The van der Waals surface area contributed by atoms with Crippen LogP contribution in [0.4, 0.5) is 4.39 Å². The summed E-state index contributed by atoms with van der Waals surface area (Å²) in [6, 6.07) is 14.4. The molecular formula is C22H24FN3O3. The van der Waals surface area contributed by atoms with Crippen LogP contribution in [0.3, 0.4) is 0 Å². The highest BCUT2D eigenvalue weighted by molar-refractivity contribution is 6.05. The quantitative estimate of drug-likeness (QED) is 0.779. The van der Waals surface area contributed by atoms with Crippen LogP contribution in [0.25, 0.3) is 0 Å². The molecule has 2 aromatic rings. The number of hydrogen-bond acceptors (Lipinski definition) is 5. The fourth-order valence-corrected chi connectivity index (χ4v) is 3.75. The molecule has 2 aromatic carbocycles. The Kier molecular flexibility index (Phi) is 5.76. The number of halogens is 1. The average Bonchev–Trinajstić information content (AvgIpc) is 3.25. The molecular weight excluding hydrogens is 373 g/mol. The van der Waals surface area contributed by atoms with Crippen LogP contribution < -0.4 is 4.74 Å². The third kappa shape index (κ3) is 4.24. The van der Waals surface area contributed by atoms with Gasteiger partial charge in [0, 0.05) is 50.3 Å². The van der Waals surface area contributed by atoms with Crippen molar-refractivity contribution in [3.8, 4) is 5.75 Å². The van der Waals surface area contributed by atoms with Crippen molar-refractivity contribution in [2.75, 3.05) is 33.3 Å². The van der Waals surface area contributed by atoms with Crippen LogP contribution in [0.15, 0.2) is 53.7 Å². The SMILES string of the molecule is COc1ccccc1C1=NOC(C(=O)N2CCN(Cc3ccccc3F)CC2)C1. The van der Waals surface area contributed by atoms with E-state index in [0.29, 0.717) is 50.5 Å². The Hall–Kier alpha value is -2.93. The monoisotopic (exact) mass is 397 g/mol. The summed E-state index contributed by atoms with van der Waals surface area (Å²) in [6.07, 6.45) is -0.178. The van der Waals surface area contributed by atoms with Crippen LogP contribution in [-0.2, 0) is 16.2 Å². The largest absolute Gasteiger partial charge is 0.496 e. The molecule has 152 valence electrons. The summed E-state index contributed by atoms with van der Waals surface area (Å²) in [5, 5.41) is 4.13. The highest BCUT2D eigenvalue weighted by Crippen LogP contribution is 2.25. The minimum Gasteiger partial charge on any atom is -0.496 e. The molecule has 1 saturated heterocycles. The number of piperazine rings is 1. The third-order valence-electron chi connectivity index (χ3n) is 5.40. The number of para-hydroxylation sites is 1. The molecule has 1 atom stereocenters. The van der Waals surface area contributed by atoms with E-state index in [4.69, 9.17) is 9.57 Å². The zero-order valence-electron chi connectivity index (χ0n) is 16.4. The molecule has 0 aromatic heterocycles. The average molecular weight is 397 g/mol. The van der Waals surface area contributed by atoms with E-state index in [1.54, 1.807) is 19.2 Å². The minimum absolute atomic E-state index is 0.0517. The second kappa shape index (κ2) is 8.61. The third-order valence-corrected chi connectivity index (χ3v) is 5.40. The van der Waals surface area contributed by atoms with Crippen molar-refractivity contribution in [1.29, 1.82) is 0 Å². The molecule has 1 unspecified atom stereocenters. The van der Waals surface area contributed by atoms with Crippen molar-refractivity contribution in [1.82, 2.24) is 9.80 Å². The predicted molar refractivity (Wildman–Crippen MR) is 107 cm³/mol. The Labute approximate surface area is 169 Å². The summed E-state index contributed by atoms with van der Waals surface area (Å²) >= 11 is 0. The molecule has 0 radical (unpaired) electrons. The molecule has 2 aliphatic heterocycles. The zero-order chi connectivity index (χ0) is 20.2. The van der Waals surface area contributed by atoms with Gasteiger partial charge in [-0.3, -0.25) is 9.69 Å².